The summed E-state index contributed by atoms with van der Waals surface area (Å²) in [6, 6.07) is 2.81. The number of hydrogen-bond acceptors (Lipinski definition) is 3. The maximum atomic E-state index is 13.0. The Balaban J connectivity index is 2.38. The van der Waals surface area contributed by atoms with Crippen molar-refractivity contribution < 1.29 is 27.0 Å². The van der Waals surface area contributed by atoms with E-state index in [1.807, 2.05) is 0 Å². The molecule has 0 aliphatic carbocycles. The van der Waals surface area contributed by atoms with Gasteiger partial charge in [-0.05, 0) is 24.6 Å². The van der Waals surface area contributed by atoms with Gasteiger partial charge in [0, 0.05) is 32.6 Å². The lowest BCUT2D eigenvalue weighted by Gasteiger charge is -2.11. The second kappa shape index (κ2) is 8.06. The van der Waals surface area contributed by atoms with E-state index in [4.69, 9.17) is 9.47 Å². The molecule has 0 spiro atoms. The monoisotopic (exact) mass is 295 g/mol. The summed E-state index contributed by atoms with van der Waals surface area (Å²) < 4.78 is 60.6. The van der Waals surface area contributed by atoms with Crippen LogP contribution in [0, 0.1) is 5.82 Å². The van der Waals surface area contributed by atoms with Crippen molar-refractivity contribution in [3.05, 3.63) is 29.6 Å². The average Bonchev–Trinajstić information content (AvgIpc) is 2.38. The van der Waals surface area contributed by atoms with Crippen LogP contribution in [0.4, 0.5) is 23.2 Å². The summed E-state index contributed by atoms with van der Waals surface area (Å²) in [5, 5.41) is 2.75. The highest BCUT2D eigenvalue weighted by molar-refractivity contribution is 5.47. The van der Waals surface area contributed by atoms with Gasteiger partial charge in [-0.1, -0.05) is 0 Å². The first-order chi connectivity index (χ1) is 9.45. The van der Waals surface area contributed by atoms with Gasteiger partial charge in [0.05, 0.1) is 12.2 Å². The lowest BCUT2D eigenvalue weighted by atomic mass is 10.2. The quantitative estimate of drug-likeness (QED) is 0.589. The zero-order chi connectivity index (χ0) is 15.0. The first kappa shape index (κ1) is 16.7. The van der Waals surface area contributed by atoms with E-state index in [1.54, 1.807) is 7.11 Å². The lowest BCUT2D eigenvalue weighted by Crippen LogP contribution is -2.13. The number of rotatable bonds is 8. The molecule has 0 radical (unpaired) electrons. The van der Waals surface area contributed by atoms with Crippen LogP contribution in [-0.2, 0) is 15.7 Å². The van der Waals surface area contributed by atoms with E-state index in [2.05, 4.69) is 5.32 Å². The fraction of sp³-hybridized carbons (Fsp3) is 0.538. The third kappa shape index (κ3) is 5.75. The molecule has 7 heteroatoms. The molecule has 0 bridgehead atoms. The van der Waals surface area contributed by atoms with Crippen molar-refractivity contribution >= 4 is 5.69 Å². The predicted octanol–water partition coefficient (Wildman–Crippen LogP) is 3.31. The number of anilines is 1. The molecule has 114 valence electrons. The van der Waals surface area contributed by atoms with Gasteiger partial charge in [-0.3, -0.25) is 0 Å². The lowest BCUT2D eigenvalue weighted by molar-refractivity contribution is -0.139. The average molecular weight is 295 g/mol. The van der Waals surface area contributed by atoms with Gasteiger partial charge in [0.1, 0.15) is 5.82 Å². The van der Waals surface area contributed by atoms with Crippen LogP contribution < -0.4 is 5.32 Å². The molecule has 3 nitrogen and oxygen atoms in total. The Morgan fingerprint density at radius 3 is 2.55 bits per heavy atom. The molecular weight excluding hydrogens is 278 g/mol. The van der Waals surface area contributed by atoms with E-state index in [9.17, 15) is 17.6 Å². The Morgan fingerprint density at radius 2 is 1.90 bits per heavy atom. The first-order valence-corrected chi connectivity index (χ1v) is 6.12. The molecule has 1 aromatic carbocycles. The molecule has 1 N–H and O–H groups in total. The molecule has 0 fully saturated rings. The molecule has 0 saturated carbocycles. The van der Waals surface area contributed by atoms with Gasteiger partial charge >= 0.3 is 6.18 Å². The molecule has 0 heterocycles. The summed E-state index contributed by atoms with van der Waals surface area (Å²) >= 11 is 0. The van der Waals surface area contributed by atoms with E-state index in [1.165, 1.54) is 6.07 Å². The predicted molar refractivity (Wildman–Crippen MR) is 67.2 cm³/mol. The van der Waals surface area contributed by atoms with Crippen LogP contribution in [0.1, 0.15) is 12.0 Å². The first-order valence-electron chi connectivity index (χ1n) is 6.12. The van der Waals surface area contributed by atoms with Crippen molar-refractivity contribution in [2.75, 3.05) is 38.8 Å². The normalized spacial score (nSPS) is 11.7. The van der Waals surface area contributed by atoms with Gasteiger partial charge in [0.25, 0.3) is 0 Å². The van der Waals surface area contributed by atoms with Gasteiger partial charge < -0.3 is 14.8 Å². The largest absolute Gasteiger partial charge is 0.419 e. The molecule has 0 aromatic heterocycles. The van der Waals surface area contributed by atoms with Crippen LogP contribution in [0.5, 0.6) is 0 Å². The van der Waals surface area contributed by atoms with E-state index in [-0.39, 0.29) is 5.69 Å². The van der Waals surface area contributed by atoms with Gasteiger partial charge in [0.15, 0.2) is 0 Å². The molecular formula is C13H17F4NO2. The standard InChI is InChI=1S/C13H17F4NO2/c1-19-6-2-7-20-8-5-18-10-3-4-12(14)11(9-10)13(15,16)17/h3-4,9,18H,2,5-8H2,1H3. The third-order valence-electron chi connectivity index (χ3n) is 2.48. The molecule has 0 aliphatic rings. The summed E-state index contributed by atoms with van der Waals surface area (Å²) in [6.07, 6.45) is -3.94. The maximum Gasteiger partial charge on any atom is 0.419 e. The number of nitrogens with one attached hydrogen (secondary N) is 1. The molecule has 0 unspecified atom stereocenters. The van der Waals surface area contributed by atoms with Crippen LogP contribution in [-0.4, -0.2) is 33.5 Å². The van der Waals surface area contributed by atoms with Crippen LogP contribution in [0.3, 0.4) is 0 Å². The van der Waals surface area contributed by atoms with Gasteiger partial charge in [-0.25, -0.2) is 4.39 Å². The molecule has 0 aliphatic heterocycles. The van der Waals surface area contributed by atoms with Crippen molar-refractivity contribution in [1.29, 1.82) is 0 Å². The number of alkyl halides is 3. The van der Waals surface area contributed by atoms with E-state index >= 15 is 0 Å². The minimum Gasteiger partial charge on any atom is -0.385 e. The SMILES string of the molecule is COCCCOCCNc1ccc(F)c(C(F)(F)F)c1. The van der Waals surface area contributed by atoms with Crippen LogP contribution in [0.25, 0.3) is 0 Å². The third-order valence-corrected chi connectivity index (χ3v) is 2.48. The topological polar surface area (TPSA) is 30.5 Å². The van der Waals surface area contributed by atoms with Crippen molar-refractivity contribution in [3.8, 4) is 0 Å². The Bertz CT molecular complexity index is 410. The maximum absolute atomic E-state index is 13.0. The van der Waals surface area contributed by atoms with Crippen molar-refractivity contribution in [2.24, 2.45) is 0 Å². The van der Waals surface area contributed by atoms with E-state index in [0.717, 1.165) is 18.6 Å². The molecule has 20 heavy (non-hydrogen) atoms. The highest BCUT2D eigenvalue weighted by Crippen LogP contribution is 2.32. The Labute approximate surface area is 114 Å². The summed E-state index contributed by atoms with van der Waals surface area (Å²) in [6.45, 7) is 1.81. The van der Waals surface area contributed by atoms with Crippen LogP contribution in [0.2, 0.25) is 0 Å². The summed E-state index contributed by atoms with van der Waals surface area (Å²) in [4.78, 5) is 0. The number of ether oxygens (including phenoxy) is 2. The fourth-order valence-corrected chi connectivity index (χ4v) is 1.53. The zero-order valence-corrected chi connectivity index (χ0v) is 11.1. The Morgan fingerprint density at radius 1 is 1.15 bits per heavy atom. The summed E-state index contributed by atoms with van der Waals surface area (Å²) in [5.74, 6) is -1.28. The van der Waals surface area contributed by atoms with Crippen molar-refractivity contribution in [2.45, 2.75) is 12.6 Å². The summed E-state index contributed by atoms with van der Waals surface area (Å²) in [5.41, 5.74) is -1.07. The molecule has 0 saturated heterocycles. The molecule has 1 aromatic rings. The number of hydrogen-bond donors (Lipinski definition) is 1. The van der Waals surface area contributed by atoms with Crippen molar-refractivity contribution in [3.63, 3.8) is 0 Å². The minimum absolute atomic E-state index is 0.208. The number of benzene rings is 1. The number of methoxy groups -OCH3 is 1. The minimum atomic E-state index is -4.70. The molecule has 1 rings (SSSR count). The number of halogens is 4. The van der Waals surface area contributed by atoms with E-state index < -0.39 is 17.6 Å². The van der Waals surface area contributed by atoms with Crippen LogP contribution in [0.15, 0.2) is 18.2 Å². The Hall–Kier alpha value is -1.34. The fourth-order valence-electron chi connectivity index (χ4n) is 1.53. The van der Waals surface area contributed by atoms with Gasteiger partial charge in [-0.2, -0.15) is 13.2 Å². The smallest absolute Gasteiger partial charge is 0.385 e. The highest BCUT2D eigenvalue weighted by Gasteiger charge is 2.34. The van der Waals surface area contributed by atoms with Gasteiger partial charge in [0.2, 0.25) is 0 Å². The second-order valence-electron chi connectivity index (χ2n) is 4.08. The molecule has 0 amide bonds. The second-order valence-corrected chi connectivity index (χ2v) is 4.08. The van der Waals surface area contributed by atoms with Gasteiger partial charge in [-0.15, -0.1) is 0 Å². The van der Waals surface area contributed by atoms with Crippen LogP contribution >= 0.6 is 0 Å². The molecule has 0 atom stereocenters. The highest BCUT2D eigenvalue weighted by atomic mass is 19.4. The zero-order valence-electron chi connectivity index (χ0n) is 11.1. The summed E-state index contributed by atoms with van der Waals surface area (Å²) in [7, 11) is 1.59. The van der Waals surface area contributed by atoms with E-state index in [0.29, 0.717) is 26.4 Å². The Kier molecular flexibility index (Phi) is 6.74. The van der Waals surface area contributed by atoms with Crippen molar-refractivity contribution in [1.82, 2.24) is 0 Å².